The van der Waals surface area contributed by atoms with E-state index in [2.05, 4.69) is 39.9 Å². The van der Waals surface area contributed by atoms with Crippen LogP contribution < -0.4 is 4.89 Å². The molecule has 0 aromatic rings. The summed E-state index contributed by atoms with van der Waals surface area (Å²) in [5, 5.41) is 29.9. The third kappa shape index (κ3) is 9.70. The van der Waals surface area contributed by atoms with Gasteiger partial charge in [-0.05, 0) is 24.7 Å². The van der Waals surface area contributed by atoms with Crippen molar-refractivity contribution in [3.63, 3.8) is 0 Å². The van der Waals surface area contributed by atoms with E-state index in [9.17, 15) is 9.46 Å². The fraction of sp³-hybridized carbons (Fsp3) is 0. The van der Waals surface area contributed by atoms with Gasteiger partial charge in [0.05, 0.1) is 4.67 Å². The molecule has 0 spiro atoms. The van der Waals surface area contributed by atoms with Crippen LogP contribution in [0.2, 0.25) is 0 Å². The highest BCUT2D eigenvalue weighted by atomic mass is 31.1. The predicted molar refractivity (Wildman–Crippen MR) is 18.9 cm³/mol. The van der Waals surface area contributed by atoms with Gasteiger partial charge in [-0.1, -0.05) is 0 Å². The molecule has 12 heteroatoms. The number of hydrogen-bond donors (Lipinski definition) is 1. The molecule has 0 aliphatic carbocycles. The minimum absolute atomic E-state index is 2.83. The van der Waals surface area contributed by atoms with E-state index in [0.717, 1.165) is 0 Å². The van der Waals surface area contributed by atoms with Crippen LogP contribution in [0.5, 0.6) is 0 Å². The monoisotopic (exact) mass is 208 g/mol. The first-order valence-electron chi connectivity index (χ1n) is 1.90. The van der Waals surface area contributed by atoms with Crippen molar-refractivity contribution in [3.8, 4) is 0 Å². The third-order valence-electron chi connectivity index (χ3n) is 0.261. The zero-order valence-corrected chi connectivity index (χ0v) is 5.87. The van der Waals surface area contributed by atoms with Gasteiger partial charge < -0.3 is 4.89 Å². The summed E-state index contributed by atoms with van der Waals surface area (Å²) in [4.78, 5) is 9.54. The Bertz CT molecular complexity index is 108. The SMILES string of the molecule is O=[P+]([O-])OOOOOOOOO. The zero-order chi connectivity index (χ0) is 9.23. The summed E-state index contributed by atoms with van der Waals surface area (Å²) in [6.07, 6.45) is 0. The molecular weight excluding hydrogens is 207 g/mol. The summed E-state index contributed by atoms with van der Waals surface area (Å²) >= 11 is 0. The molecule has 1 unspecified atom stereocenters. The molecule has 1 atom stereocenters. The maximum Gasteiger partial charge on any atom is 0.524 e. The Kier molecular flexibility index (Phi) is 8.57. The van der Waals surface area contributed by atoms with E-state index in [1.54, 1.807) is 0 Å². The second kappa shape index (κ2) is 8.79. The molecule has 0 saturated heterocycles. The van der Waals surface area contributed by atoms with Crippen molar-refractivity contribution < 1.29 is 54.7 Å². The van der Waals surface area contributed by atoms with E-state index in [1.165, 1.54) is 0 Å². The second-order valence-electron chi connectivity index (χ2n) is 0.781. The van der Waals surface area contributed by atoms with E-state index in [-0.39, 0.29) is 0 Å². The van der Waals surface area contributed by atoms with Crippen molar-refractivity contribution >= 4 is 8.25 Å². The summed E-state index contributed by atoms with van der Waals surface area (Å²) in [7, 11) is -3.25. The predicted octanol–water partition coefficient (Wildman–Crippen LogP) is -0.985. The molecule has 0 aromatic carbocycles. The van der Waals surface area contributed by atoms with Crippen molar-refractivity contribution in [2.24, 2.45) is 0 Å². The largest absolute Gasteiger partial charge is 0.564 e. The molecule has 0 aliphatic heterocycles. The van der Waals surface area contributed by atoms with Crippen molar-refractivity contribution in [1.82, 2.24) is 0 Å². The number of rotatable bonds is 8. The molecule has 0 heterocycles. The Hall–Kier alpha value is -0.300. The average Bonchev–Trinajstić information content (AvgIpc) is 2.02. The molecule has 12 heavy (non-hydrogen) atoms. The number of hydrogen-bond acceptors (Lipinski definition) is 11. The molecule has 0 radical (unpaired) electrons. The standard InChI is InChI=1S/HO11P/c1-4-5-6-7-8-9-10-11-12(2)3/h1H. The molecule has 1 N–H and O–H groups in total. The lowest BCUT2D eigenvalue weighted by Gasteiger charge is -1.93. The van der Waals surface area contributed by atoms with E-state index >= 15 is 0 Å². The van der Waals surface area contributed by atoms with Gasteiger partial charge in [-0.2, -0.15) is 0 Å². The van der Waals surface area contributed by atoms with Crippen LogP contribution in [0, 0.1) is 0 Å². The topological polar surface area (TPSA) is 134 Å². The molecule has 0 fully saturated rings. The van der Waals surface area contributed by atoms with Crippen LogP contribution in [-0.2, 0) is 44.5 Å². The van der Waals surface area contributed by atoms with Gasteiger partial charge in [-0.25, -0.2) is 5.26 Å². The molecule has 0 rings (SSSR count). The molecule has 11 nitrogen and oxygen atoms in total. The van der Waals surface area contributed by atoms with Gasteiger partial charge in [-0.15, -0.1) is 0 Å². The van der Waals surface area contributed by atoms with Crippen LogP contribution in [0.25, 0.3) is 0 Å². The Labute approximate surface area is 64.2 Å². The first-order valence-corrected chi connectivity index (χ1v) is 2.99. The van der Waals surface area contributed by atoms with Gasteiger partial charge in [-0.3, -0.25) is 0 Å². The first-order chi connectivity index (χ1) is 5.77. The lowest BCUT2D eigenvalue weighted by Crippen LogP contribution is -2.00. The summed E-state index contributed by atoms with van der Waals surface area (Å²) in [6.45, 7) is 0. The maximum atomic E-state index is 9.54. The lowest BCUT2D eigenvalue weighted by molar-refractivity contribution is -0.826. The third-order valence-corrected chi connectivity index (χ3v) is 0.443. The molecule has 0 saturated carbocycles. The average molecular weight is 208 g/mol. The van der Waals surface area contributed by atoms with Crippen molar-refractivity contribution in [3.05, 3.63) is 0 Å². The lowest BCUT2D eigenvalue weighted by atomic mass is 14.1. The Morgan fingerprint density at radius 1 is 1.00 bits per heavy atom. The van der Waals surface area contributed by atoms with Crippen LogP contribution in [-0.4, -0.2) is 5.26 Å². The fourth-order valence-corrected chi connectivity index (χ4v) is 0.170. The normalized spacial score (nSPS) is 11.7. The molecule has 72 valence electrons. The summed E-state index contributed by atoms with van der Waals surface area (Å²) in [5.41, 5.74) is 0. The molecule has 0 amide bonds. The van der Waals surface area contributed by atoms with Gasteiger partial charge in [0.2, 0.25) is 0 Å². The highest BCUT2D eigenvalue weighted by Gasteiger charge is 2.04. The summed E-state index contributed by atoms with van der Waals surface area (Å²) in [5.74, 6) is 0. The van der Waals surface area contributed by atoms with Crippen LogP contribution in [0.3, 0.4) is 0 Å². The fourth-order valence-electron chi connectivity index (χ4n) is 0.0951. The zero-order valence-electron chi connectivity index (χ0n) is 4.98. The first kappa shape index (κ1) is 11.7. The van der Waals surface area contributed by atoms with Gasteiger partial charge in [0, 0.05) is 15.1 Å². The quantitative estimate of drug-likeness (QED) is 0.228. The van der Waals surface area contributed by atoms with Crippen LogP contribution in [0.1, 0.15) is 0 Å². The highest BCUT2D eigenvalue weighted by molar-refractivity contribution is 7.30. The van der Waals surface area contributed by atoms with E-state index in [1.807, 2.05) is 0 Å². The Morgan fingerprint density at radius 3 is 2.00 bits per heavy atom. The minimum Gasteiger partial charge on any atom is -0.564 e. The second-order valence-corrected chi connectivity index (χ2v) is 1.38. The smallest absolute Gasteiger partial charge is 0.524 e. The highest BCUT2D eigenvalue weighted by Crippen LogP contribution is 2.08. The van der Waals surface area contributed by atoms with Gasteiger partial charge in [0.15, 0.2) is 0 Å². The van der Waals surface area contributed by atoms with Crippen LogP contribution in [0.4, 0.5) is 0 Å². The van der Waals surface area contributed by atoms with E-state index < -0.39 is 8.25 Å². The van der Waals surface area contributed by atoms with E-state index in [0.29, 0.717) is 0 Å². The molecule has 0 aliphatic rings. The van der Waals surface area contributed by atoms with Crippen LogP contribution >= 0.6 is 8.25 Å². The van der Waals surface area contributed by atoms with Crippen molar-refractivity contribution in [2.75, 3.05) is 0 Å². The van der Waals surface area contributed by atoms with Crippen molar-refractivity contribution in [2.45, 2.75) is 0 Å². The molecular formula is HO11P. The van der Waals surface area contributed by atoms with Crippen molar-refractivity contribution in [1.29, 1.82) is 0 Å². The summed E-state index contributed by atoms with van der Waals surface area (Å²) in [6, 6.07) is 0. The summed E-state index contributed by atoms with van der Waals surface area (Å²) < 4.78 is 12.8. The maximum absolute atomic E-state index is 9.54. The van der Waals surface area contributed by atoms with E-state index in [4.69, 9.17) is 5.26 Å². The molecule has 0 bridgehead atoms. The van der Waals surface area contributed by atoms with Crippen LogP contribution in [0.15, 0.2) is 0 Å². The van der Waals surface area contributed by atoms with Gasteiger partial charge in [0.25, 0.3) is 0 Å². The van der Waals surface area contributed by atoms with Gasteiger partial charge in [0.1, 0.15) is 0 Å². The Balaban J connectivity index is 2.86. The Morgan fingerprint density at radius 2 is 1.50 bits per heavy atom. The molecule has 0 aromatic heterocycles. The minimum atomic E-state index is -3.25. The van der Waals surface area contributed by atoms with Gasteiger partial charge >= 0.3 is 8.25 Å².